The second-order valence-corrected chi connectivity index (χ2v) is 5.87. The number of carbonyl (C=O) groups excluding carboxylic acids is 2. The molecule has 0 atom stereocenters. The molecule has 3 N–H and O–H groups in total. The number of rotatable bonds is 5. The lowest BCUT2D eigenvalue weighted by atomic mass is 10.1. The SMILES string of the molecule is CCCOC(=O)c1ccc(NC(=S)NC(=O)c2ccc(C#N)cc2)cc1O. The van der Waals surface area contributed by atoms with E-state index in [2.05, 4.69) is 10.6 Å². The molecule has 2 aromatic carbocycles. The van der Waals surface area contributed by atoms with Crippen LogP contribution in [-0.2, 0) is 4.74 Å². The van der Waals surface area contributed by atoms with Crippen molar-refractivity contribution in [3.63, 3.8) is 0 Å². The first kappa shape index (κ1) is 19.9. The van der Waals surface area contributed by atoms with Crippen molar-refractivity contribution in [1.82, 2.24) is 5.32 Å². The summed E-state index contributed by atoms with van der Waals surface area (Å²) in [7, 11) is 0. The Bertz CT molecular complexity index is 904. The van der Waals surface area contributed by atoms with Crippen molar-refractivity contribution < 1.29 is 19.4 Å². The highest BCUT2D eigenvalue weighted by molar-refractivity contribution is 7.80. The summed E-state index contributed by atoms with van der Waals surface area (Å²) in [5.41, 5.74) is 1.22. The minimum atomic E-state index is -0.613. The molecule has 0 aromatic heterocycles. The lowest BCUT2D eigenvalue weighted by Gasteiger charge is -2.11. The number of hydrogen-bond acceptors (Lipinski definition) is 6. The number of phenolic OH excluding ortho intramolecular Hbond substituents is 1. The van der Waals surface area contributed by atoms with Gasteiger partial charge in [0.15, 0.2) is 5.11 Å². The number of ether oxygens (including phenoxy) is 1. The third kappa shape index (κ3) is 5.52. The number of esters is 1. The van der Waals surface area contributed by atoms with E-state index in [1.807, 2.05) is 13.0 Å². The zero-order valence-electron chi connectivity index (χ0n) is 14.5. The summed E-state index contributed by atoms with van der Waals surface area (Å²) >= 11 is 5.08. The minimum absolute atomic E-state index is 0.0186. The molecule has 0 spiro atoms. The second kappa shape index (κ2) is 9.31. The molecule has 7 nitrogen and oxygen atoms in total. The van der Waals surface area contributed by atoms with Crippen LogP contribution in [-0.4, -0.2) is 28.7 Å². The van der Waals surface area contributed by atoms with Crippen LogP contribution in [0.3, 0.4) is 0 Å². The van der Waals surface area contributed by atoms with Gasteiger partial charge in [-0.3, -0.25) is 10.1 Å². The van der Waals surface area contributed by atoms with Crippen LogP contribution < -0.4 is 10.6 Å². The zero-order valence-corrected chi connectivity index (χ0v) is 15.3. The van der Waals surface area contributed by atoms with E-state index in [-0.39, 0.29) is 23.0 Å². The molecule has 0 saturated heterocycles. The first-order valence-corrected chi connectivity index (χ1v) is 8.48. The summed E-state index contributed by atoms with van der Waals surface area (Å²) < 4.78 is 4.97. The Morgan fingerprint density at radius 3 is 2.52 bits per heavy atom. The number of nitrogens with zero attached hydrogens (tertiary/aromatic N) is 1. The lowest BCUT2D eigenvalue weighted by Crippen LogP contribution is -2.34. The highest BCUT2D eigenvalue weighted by atomic mass is 32.1. The van der Waals surface area contributed by atoms with E-state index in [1.54, 1.807) is 0 Å². The third-order valence-corrected chi connectivity index (χ3v) is 3.62. The van der Waals surface area contributed by atoms with Crippen molar-refractivity contribution in [2.45, 2.75) is 13.3 Å². The second-order valence-electron chi connectivity index (χ2n) is 5.47. The van der Waals surface area contributed by atoms with Crippen molar-refractivity contribution in [3.05, 3.63) is 59.2 Å². The lowest BCUT2D eigenvalue weighted by molar-refractivity contribution is 0.0501. The van der Waals surface area contributed by atoms with Gasteiger partial charge in [0.25, 0.3) is 5.91 Å². The van der Waals surface area contributed by atoms with Crippen molar-refractivity contribution in [3.8, 4) is 11.8 Å². The van der Waals surface area contributed by atoms with Gasteiger partial charge in [-0.25, -0.2) is 4.79 Å². The quantitative estimate of drug-likeness (QED) is 0.537. The number of aromatic hydroxyl groups is 1. The van der Waals surface area contributed by atoms with Crippen molar-refractivity contribution in [1.29, 1.82) is 5.26 Å². The Hall–Kier alpha value is -3.44. The Morgan fingerprint density at radius 1 is 1.22 bits per heavy atom. The number of amides is 1. The molecule has 0 aliphatic heterocycles. The van der Waals surface area contributed by atoms with Gasteiger partial charge in [0.1, 0.15) is 11.3 Å². The average molecular weight is 383 g/mol. The van der Waals surface area contributed by atoms with Crippen molar-refractivity contribution in [2.24, 2.45) is 0 Å². The fourth-order valence-corrected chi connectivity index (χ4v) is 2.30. The van der Waals surface area contributed by atoms with Gasteiger partial charge in [-0.15, -0.1) is 0 Å². The normalized spacial score (nSPS) is 9.78. The van der Waals surface area contributed by atoms with Crippen LogP contribution in [0.25, 0.3) is 0 Å². The molecule has 138 valence electrons. The van der Waals surface area contributed by atoms with Gasteiger partial charge in [0.05, 0.1) is 18.2 Å². The largest absolute Gasteiger partial charge is 0.507 e. The summed E-state index contributed by atoms with van der Waals surface area (Å²) in [6.45, 7) is 2.14. The number of benzene rings is 2. The smallest absolute Gasteiger partial charge is 0.341 e. The summed E-state index contributed by atoms with van der Waals surface area (Å²) in [6, 6.07) is 12.3. The van der Waals surface area contributed by atoms with E-state index in [9.17, 15) is 14.7 Å². The van der Waals surface area contributed by atoms with Gasteiger partial charge in [-0.1, -0.05) is 6.92 Å². The first-order valence-electron chi connectivity index (χ1n) is 8.07. The molecule has 0 aliphatic rings. The number of nitrogens with one attached hydrogen (secondary N) is 2. The Labute approximate surface area is 161 Å². The van der Waals surface area contributed by atoms with Crippen LogP contribution in [0.5, 0.6) is 5.75 Å². The highest BCUT2D eigenvalue weighted by Gasteiger charge is 2.14. The molecule has 0 saturated carbocycles. The predicted octanol–water partition coefficient (Wildman–Crippen LogP) is 2.96. The summed E-state index contributed by atoms with van der Waals surface area (Å²) in [5, 5.41) is 24.0. The number of anilines is 1. The third-order valence-electron chi connectivity index (χ3n) is 3.42. The number of thiocarbonyl (C=S) groups is 1. The van der Waals surface area contributed by atoms with E-state index in [0.717, 1.165) is 0 Å². The molecular weight excluding hydrogens is 366 g/mol. The summed E-state index contributed by atoms with van der Waals surface area (Å²) in [5.74, 6) is -1.32. The minimum Gasteiger partial charge on any atom is -0.507 e. The van der Waals surface area contributed by atoms with Gasteiger partial charge >= 0.3 is 5.97 Å². The van der Waals surface area contributed by atoms with E-state index in [1.165, 1.54) is 42.5 Å². The number of nitriles is 1. The molecule has 2 rings (SSSR count). The topological polar surface area (TPSA) is 111 Å². The summed E-state index contributed by atoms with van der Waals surface area (Å²) in [4.78, 5) is 23.9. The molecule has 0 aliphatic carbocycles. The maximum atomic E-state index is 12.1. The maximum Gasteiger partial charge on any atom is 0.341 e. The van der Waals surface area contributed by atoms with Gasteiger partial charge in [0.2, 0.25) is 0 Å². The van der Waals surface area contributed by atoms with Gasteiger partial charge in [-0.05, 0) is 55.0 Å². The monoisotopic (exact) mass is 383 g/mol. The molecule has 0 unspecified atom stereocenters. The molecule has 0 heterocycles. The molecule has 0 bridgehead atoms. The van der Waals surface area contributed by atoms with Gasteiger partial charge in [0, 0.05) is 17.3 Å². The molecule has 27 heavy (non-hydrogen) atoms. The Kier molecular flexibility index (Phi) is 6.86. The number of hydrogen-bond donors (Lipinski definition) is 3. The van der Waals surface area contributed by atoms with Crippen LogP contribution >= 0.6 is 12.2 Å². The maximum absolute atomic E-state index is 12.1. The first-order chi connectivity index (χ1) is 12.9. The van der Waals surface area contributed by atoms with Crippen LogP contribution in [0.15, 0.2) is 42.5 Å². The van der Waals surface area contributed by atoms with E-state index < -0.39 is 11.9 Å². The van der Waals surface area contributed by atoms with Crippen LogP contribution in [0.1, 0.15) is 39.6 Å². The molecule has 2 aromatic rings. The highest BCUT2D eigenvalue weighted by Crippen LogP contribution is 2.23. The predicted molar refractivity (Wildman–Crippen MR) is 104 cm³/mol. The fourth-order valence-electron chi connectivity index (χ4n) is 2.09. The average Bonchev–Trinajstić information content (AvgIpc) is 2.66. The Balaban J connectivity index is 1.98. The van der Waals surface area contributed by atoms with E-state index in [0.29, 0.717) is 23.2 Å². The molecular formula is C19H17N3O4S. The molecule has 8 heteroatoms. The number of carbonyl (C=O) groups is 2. The Morgan fingerprint density at radius 2 is 1.93 bits per heavy atom. The number of phenols is 1. The van der Waals surface area contributed by atoms with Crippen molar-refractivity contribution >= 4 is 34.9 Å². The van der Waals surface area contributed by atoms with Crippen molar-refractivity contribution in [2.75, 3.05) is 11.9 Å². The van der Waals surface area contributed by atoms with Gasteiger partial charge in [-0.2, -0.15) is 5.26 Å². The summed E-state index contributed by atoms with van der Waals surface area (Å²) in [6.07, 6.45) is 0.680. The zero-order chi connectivity index (χ0) is 19.8. The van der Waals surface area contributed by atoms with Gasteiger partial charge < -0.3 is 15.2 Å². The standard InChI is InChI=1S/C19H17N3O4S/c1-2-9-26-18(25)15-8-7-14(10-16(15)23)21-19(27)22-17(24)13-5-3-12(11-20)4-6-13/h3-8,10,23H,2,9H2,1H3,(H2,21,22,24,27). The van der Waals surface area contributed by atoms with E-state index >= 15 is 0 Å². The van der Waals surface area contributed by atoms with Crippen LogP contribution in [0, 0.1) is 11.3 Å². The van der Waals surface area contributed by atoms with Crippen LogP contribution in [0.2, 0.25) is 0 Å². The molecule has 0 radical (unpaired) electrons. The molecule has 1 amide bonds. The van der Waals surface area contributed by atoms with E-state index in [4.69, 9.17) is 22.2 Å². The van der Waals surface area contributed by atoms with Crippen LogP contribution in [0.4, 0.5) is 5.69 Å². The molecule has 0 fully saturated rings. The fraction of sp³-hybridized carbons (Fsp3) is 0.158.